The van der Waals surface area contributed by atoms with Gasteiger partial charge in [-0.15, -0.1) is 0 Å². The molecule has 0 atom stereocenters. The number of rotatable bonds is 9. The summed E-state index contributed by atoms with van der Waals surface area (Å²) in [4.78, 5) is 2.28. The molecule has 1 aromatic carbocycles. The molecule has 0 bridgehead atoms. The SMILES string of the molecule is CCNCc1ccc(Br)cc1N(C)CCOCC1CC1. The van der Waals surface area contributed by atoms with E-state index in [0.717, 1.165) is 43.2 Å². The van der Waals surface area contributed by atoms with Crippen LogP contribution in [-0.2, 0) is 11.3 Å². The molecule has 4 heteroatoms. The number of hydrogen-bond donors (Lipinski definition) is 1. The molecule has 0 aliphatic heterocycles. The van der Waals surface area contributed by atoms with Crippen LogP contribution in [-0.4, -0.2) is 33.4 Å². The lowest BCUT2D eigenvalue weighted by atomic mass is 10.1. The van der Waals surface area contributed by atoms with Crippen LogP contribution in [0.3, 0.4) is 0 Å². The molecule has 20 heavy (non-hydrogen) atoms. The Bertz CT molecular complexity index is 421. The average Bonchev–Trinajstić information content (AvgIpc) is 3.26. The second-order valence-electron chi connectivity index (χ2n) is 5.49. The number of ether oxygens (including phenoxy) is 1. The van der Waals surface area contributed by atoms with Crippen molar-refractivity contribution < 1.29 is 4.74 Å². The molecule has 0 aromatic heterocycles. The van der Waals surface area contributed by atoms with Gasteiger partial charge in [-0.2, -0.15) is 0 Å². The van der Waals surface area contributed by atoms with E-state index in [9.17, 15) is 0 Å². The zero-order valence-corrected chi connectivity index (χ0v) is 14.1. The Labute approximate surface area is 130 Å². The van der Waals surface area contributed by atoms with Gasteiger partial charge < -0.3 is 15.0 Å². The predicted molar refractivity (Wildman–Crippen MR) is 88.3 cm³/mol. The molecule has 112 valence electrons. The molecule has 0 radical (unpaired) electrons. The fraction of sp³-hybridized carbons (Fsp3) is 0.625. The lowest BCUT2D eigenvalue weighted by Gasteiger charge is -2.23. The zero-order valence-electron chi connectivity index (χ0n) is 12.5. The number of nitrogens with one attached hydrogen (secondary N) is 1. The summed E-state index contributed by atoms with van der Waals surface area (Å²) in [6.07, 6.45) is 2.71. The molecular weight excluding hydrogens is 316 g/mol. The molecule has 1 saturated carbocycles. The molecule has 1 fully saturated rings. The molecule has 1 aromatic rings. The number of halogens is 1. The molecule has 0 unspecified atom stereocenters. The summed E-state index contributed by atoms with van der Waals surface area (Å²) in [6.45, 7) is 6.71. The van der Waals surface area contributed by atoms with E-state index in [2.05, 4.69) is 58.3 Å². The molecule has 0 heterocycles. The lowest BCUT2D eigenvalue weighted by molar-refractivity contribution is 0.131. The van der Waals surface area contributed by atoms with Crippen molar-refractivity contribution in [2.45, 2.75) is 26.3 Å². The summed E-state index contributed by atoms with van der Waals surface area (Å²) in [5, 5.41) is 3.40. The minimum atomic E-state index is 0.806. The van der Waals surface area contributed by atoms with Crippen molar-refractivity contribution in [2.75, 3.05) is 38.3 Å². The fourth-order valence-electron chi connectivity index (χ4n) is 2.16. The molecule has 2 rings (SSSR count). The Kier molecular flexibility index (Phi) is 6.33. The number of hydrogen-bond acceptors (Lipinski definition) is 3. The second-order valence-corrected chi connectivity index (χ2v) is 6.41. The maximum atomic E-state index is 5.73. The number of likely N-dealkylation sites (N-methyl/N-ethyl adjacent to an activating group) is 1. The third kappa shape index (κ3) is 5.08. The highest BCUT2D eigenvalue weighted by Gasteiger charge is 2.21. The van der Waals surface area contributed by atoms with Gasteiger partial charge in [-0.1, -0.05) is 28.9 Å². The van der Waals surface area contributed by atoms with Crippen molar-refractivity contribution in [1.29, 1.82) is 0 Å². The molecule has 0 saturated heterocycles. The van der Waals surface area contributed by atoms with E-state index in [1.54, 1.807) is 0 Å². The Hall–Kier alpha value is -0.580. The third-order valence-electron chi connectivity index (χ3n) is 3.65. The van der Waals surface area contributed by atoms with Crippen molar-refractivity contribution >= 4 is 21.6 Å². The quantitative estimate of drug-likeness (QED) is 0.697. The molecule has 1 aliphatic carbocycles. The molecular formula is C16H25BrN2O. The van der Waals surface area contributed by atoms with Gasteiger partial charge in [0.1, 0.15) is 0 Å². The van der Waals surface area contributed by atoms with E-state index in [4.69, 9.17) is 4.74 Å². The van der Waals surface area contributed by atoms with Crippen molar-refractivity contribution in [2.24, 2.45) is 5.92 Å². The van der Waals surface area contributed by atoms with Gasteiger partial charge in [0.2, 0.25) is 0 Å². The number of benzene rings is 1. The van der Waals surface area contributed by atoms with Gasteiger partial charge >= 0.3 is 0 Å². The van der Waals surface area contributed by atoms with Gasteiger partial charge in [-0.05, 0) is 43.0 Å². The smallest absolute Gasteiger partial charge is 0.0641 e. The van der Waals surface area contributed by atoms with Gasteiger partial charge in [-0.25, -0.2) is 0 Å². The molecule has 1 N–H and O–H groups in total. The van der Waals surface area contributed by atoms with Gasteiger partial charge in [0.05, 0.1) is 6.61 Å². The van der Waals surface area contributed by atoms with E-state index in [-0.39, 0.29) is 0 Å². The van der Waals surface area contributed by atoms with E-state index < -0.39 is 0 Å². The average molecular weight is 341 g/mol. The van der Waals surface area contributed by atoms with Gasteiger partial charge in [0, 0.05) is 36.9 Å². The Balaban J connectivity index is 1.87. The van der Waals surface area contributed by atoms with E-state index in [1.807, 2.05) is 0 Å². The third-order valence-corrected chi connectivity index (χ3v) is 4.14. The molecule has 3 nitrogen and oxygen atoms in total. The summed E-state index contributed by atoms with van der Waals surface area (Å²) in [5.41, 5.74) is 2.61. The Morgan fingerprint density at radius 2 is 2.20 bits per heavy atom. The van der Waals surface area contributed by atoms with Crippen LogP contribution in [0.5, 0.6) is 0 Å². The summed E-state index contributed by atoms with van der Waals surface area (Å²) in [7, 11) is 2.14. The Morgan fingerprint density at radius 3 is 2.90 bits per heavy atom. The second kappa shape index (κ2) is 8.01. The summed E-state index contributed by atoms with van der Waals surface area (Å²) in [5.74, 6) is 0.843. The van der Waals surface area contributed by atoms with E-state index >= 15 is 0 Å². The van der Waals surface area contributed by atoms with Crippen molar-refractivity contribution in [3.63, 3.8) is 0 Å². The molecule has 1 aliphatic rings. The maximum absolute atomic E-state index is 5.73. The fourth-order valence-corrected chi connectivity index (χ4v) is 2.51. The topological polar surface area (TPSA) is 24.5 Å². The van der Waals surface area contributed by atoms with Crippen LogP contribution < -0.4 is 10.2 Å². The molecule has 0 spiro atoms. The summed E-state index contributed by atoms with van der Waals surface area (Å²) >= 11 is 3.56. The minimum absolute atomic E-state index is 0.806. The van der Waals surface area contributed by atoms with Crippen molar-refractivity contribution in [3.8, 4) is 0 Å². The van der Waals surface area contributed by atoms with Crippen LogP contribution in [0.2, 0.25) is 0 Å². The highest BCUT2D eigenvalue weighted by atomic mass is 79.9. The first kappa shape index (κ1) is 15.8. The van der Waals surface area contributed by atoms with Crippen LogP contribution in [0.25, 0.3) is 0 Å². The minimum Gasteiger partial charge on any atom is -0.379 e. The highest BCUT2D eigenvalue weighted by molar-refractivity contribution is 9.10. The highest BCUT2D eigenvalue weighted by Crippen LogP contribution is 2.29. The summed E-state index contributed by atoms with van der Waals surface area (Å²) < 4.78 is 6.86. The maximum Gasteiger partial charge on any atom is 0.0641 e. The van der Waals surface area contributed by atoms with E-state index in [0.29, 0.717) is 0 Å². The van der Waals surface area contributed by atoms with Crippen LogP contribution >= 0.6 is 15.9 Å². The monoisotopic (exact) mass is 340 g/mol. The number of anilines is 1. The lowest BCUT2D eigenvalue weighted by Crippen LogP contribution is -2.25. The zero-order chi connectivity index (χ0) is 14.4. The first-order chi connectivity index (χ1) is 9.70. The molecule has 0 amide bonds. The predicted octanol–water partition coefficient (Wildman–Crippen LogP) is 3.42. The van der Waals surface area contributed by atoms with Crippen molar-refractivity contribution in [3.05, 3.63) is 28.2 Å². The standard InChI is InChI=1S/C16H25BrN2O/c1-3-18-11-14-6-7-15(17)10-16(14)19(2)8-9-20-12-13-4-5-13/h6-7,10,13,18H,3-5,8-9,11-12H2,1-2H3. The van der Waals surface area contributed by atoms with E-state index in [1.165, 1.54) is 24.1 Å². The first-order valence-corrected chi connectivity index (χ1v) is 8.28. The number of nitrogens with zero attached hydrogens (tertiary/aromatic N) is 1. The summed E-state index contributed by atoms with van der Waals surface area (Å²) in [6, 6.07) is 6.48. The largest absolute Gasteiger partial charge is 0.379 e. The first-order valence-electron chi connectivity index (χ1n) is 7.48. The normalized spacial score (nSPS) is 14.6. The Morgan fingerprint density at radius 1 is 1.40 bits per heavy atom. The van der Waals surface area contributed by atoms with Crippen molar-refractivity contribution in [1.82, 2.24) is 5.32 Å². The van der Waals surface area contributed by atoms with Crippen LogP contribution in [0.1, 0.15) is 25.3 Å². The van der Waals surface area contributed by atoms with Crippen LogP contribution in [0, 0.1) is 5.92 Å². The van der Waals surface area contributed by atoms with Gasteiger partial charge in [0.25, 0.3) is 0 Å². The van der Waals surface area contributed by atoms with Gasteiger partial charge in [0.15, 0.2) is 0 Å². The van der Waals surface area contributed by atoms with Crippen LogP contribution in [0.15, 0.2) is 22.7 Å². The van der Waals surface area contributed by atoms with Gasteiger partial charge in [-0.3, -0.25) is 0 Å². The van der Waals surface area contributed by atoms with Crippen LogP contribution in [0.4, 0.5) is 5.69 Å².